The molecule has 4 aromatic rings. The van der Waals surface area contributed by atoms with Crippen LogP contribution in [0, 0.1) is 0 Å². The van der Waals surface area contributed by atoms with Gasteiger partial charge in [0, 0.05) is 19.3 Å². The summed E-state index contributed by atoms with van der Waals surface area (Å²) in [6.07, 6.45) is 0.678. The Kier molecular flexibility index (Phi) is 9.73. The van der Waals surface area contributed by atoms with Crippen molar-refractivity contribution in [2.45, 2.75) is 13.3 Å². The van der Waals surface area contributed by atoms with Crippen LogP contribution in [0.4, 0.5) is 5.69 Å². The van der Waals surface area contributed by atoms with Gasteiger partial charge in [-0.15, -0.1) is 0 Å². The van der Waals surface area contributed by atoms with E-state index < -0.39 is 0 Å². The molecule has 0 radical (unpaired) electrons. The molecule has 0 aliphatic rings. The molecule has 39 heavy (non-hydrogen) atoms. The monoisotopic (exact) mass is 524 g/mol. The van der Waals surface area contributed by atoms with Crippen molar-refractivity contribution < 1.29 is 19.0 Å². The molecule has 0 bridgehead atoms. The van der Waals surface area contributed by atoms with Gasteiger partial charge in [0.2, 0.25) is 0 Å². The molecule has 0 fully saturated rings. The maximum Gasteiger partial charge on any atom is 0.256 e. The van der Waals surface area contributed by atoms with Gasteiger partial charge in [-0.2, -0.15) is 0 Å². The fourth-order valence-electron chi connectivity index (χ4n) is 4.45. The highest BCUT2D eigenvalue weighted by Crippen LogP contribution is 2.35. The van der Waals surface area contributed by atoms with Crippen LogP contribution in [-0.4, -0.2) is 52.0 Å². The van der Waals surface area contributed by atoms with Gasteiger partial charge < -0.3 is 24.4 Å². The zero-order valence-corrected chi connectivity index (χ0v) is 23.1. The fourth-order valence-corrected chi connectivity index (χ4v) is 4.45. The van der Waals surface area contributed by atoms with Crippen molar-refractivity contribution in [3.63, 3.8) is 0 Å². The first kappa shape index (κ1) is 27.9. The summed E-state index contributed by atoms with van der Waals surface area (Å²) >= 11 is 0. The van der Waals surface area contributed by atoms with Crippen LogP contribution < -0.4 is 14.8 Å². The molecule has 0 aliphatic carbocycles. The van der Waals surface area contributed by atoms with Crippen LogP contribution >= 0.6 is 0 Å². The molecule has 0 unspecified atom stereocenters. The highest BCUT2D eigenvalue weighted by atomic mass is 16.7. The number of fused-ring (bicyclic) bond motifs is 1. The number of methoxy groups -OCH3 is 1. The lowest BCUT2D eigenvalue weighted by molar-refractivity contribution is -0.111. The first-order valence-corrected chi connectivity index (χ1v) is 13.1. The minimum absolute atomic E-state index is 0.160. The molecule has 6 nitrogen and oxygen atoms in total. The summed E-state index contributed by atoms with van der Waals surface area (Å²) in [5.41, 5.74) is 4.15. The lowest BCUT2D eigenvalue weighted by atomic mass is 9.89. The molecule has 0 atom stereocenters. The zero-order valence-electron chi connectivity index (χ0n) is 23.1. The Bertz CT molecular complexity index is 1400. The Morgan fingerprint density at radius 1 is 0.821 bits per heavy atom. The molecule has 4 aromatic carbocycles. The Labute approximate surface area is 230 Å². The van der Waals surface area contributed by atoms with Crippen molar-refractivity contribution in [2.75, 3.05) is 46.5 Å². The van der Waals surface area contributed by atoms with Crippen LogP contribution in [0.25, 0.3) is 21.9 Å². The van der Waals surface area contributed by atoms with Crippen LogP contribution in [0.5, 0.6) is 11.5 Å². The fraction of sp³-hybridized carbons (Fsp3) is 0.242. The highest BCUT2D eigenvalue weighted by molar-refractivity contribution is 6.32. The summed E-state index contributed by atoms with van der Waals surface area (Å²) in [5.74, 6) is 1.27. The van der Waals surface area contributed by atoms with E-state index in [4.69, 9.17) is 14.2 Å². The van der Waals surface area contributed by atoms with E-state index in [0.29, 0.717) is 30.0 Å². The van der Waals surface area contributed by atoms with Crippen molar-refractivity contribution in [3.05, 3.63) is 102 Å². The standard InChI is InChI=1S/C33H36N2O4/c1-5-29(31-12-8-10-24-9-6-7-11-30(24)31)32(25-13-17-28(18-14-25)39-23-37-4)33(36)34-26-15-19-27(20-16-26)38-22-21-35(2)3/h6-20H,5,21-23H2,1-4H3,(H,34,36)/b32-29-. The quantitative estimate of drug-likeness (QED) is 0.127. The summed E-state index contributed by atoms with van der Waals surface area (Å²) in [6.45, 7) is 3.67. The van der Waals surface area contributed by atoms with Gasteiger partial charge in [0.05, 0.1) is 5.57 Å². The maximum atomic E-state index is 14.0. The van der Waals surface area contributed by atoms with Crippen LogP contribution in [-0.2, 0) is 9.53 Å². The number of hydrogen-bond acceptors (Lipinski definition) is 5. The van der Waals surface area contributed by atoms with Crippen LogP contribution in [0.15, 0.2) is 91.0 Å². The second-order valence-corrected chi connectivity index (χ2v) is 9.44. The van der Waals surface area contributed by atoms with E-state index in [-0.39, 0.29) is 12.7 Å². The predicted octanol–water partition coefficient (Wildman–Crippen LogP) is 6.72. The number of nitrogens with zero attached hydrogens (tertiary/aromatic N) is 1. The van der Waals surface area contributed by atoms with Crippen LogP contribution in [0.1, 0.15) is 24.5 Å². The molecule has 202 valence electrons. The van der Waals surface area contributed by atoms with E-state index in [0.717, 1.165) is 39.8 Å². The van der Waals surface area contributed by atoms with Crippen LogP contribution in [0.2, 0.25) is 0 Å². The van der Waals surface area contributed by atoms with Gasteiger partial charge in [0.25, 0.3) is 5.91 Å². The Balaban J connectivity index is 1.71. The van der Waals surface area contributed by atoms with Gasteiger partial charge >= 0.3 is 0 Å². The lowest BCUT2D eigenvalue weighted by Crippen LogP contribution is -2.19. The minimum Gasteiger partial charge on any atom is -0.492 e. The predicted molar refractivity (Wildman–Crippen MR) is 159 cm³/mol. The SMILES string of the molecule is CC/C(=C(/C(=O)Nc1ccc(OCCN(C)C)cc1)c1ccc(OCOC)cc1)c1cccc2ccccc12. The van der Waals surface area contributed by atoms with E-state index in [1.54, 1.807) is 7.11 Å². The number of anilines is 1. The van der Waals surface area contributed by atoms with Gasteiger partial charge in [-0.25, -0.2) is 0 Å². The van der Waals surface area contributed by atoms with Crippen LogP contribution in [0.3, 0.4) is 0 Å². The van der Waals surface area contributed by atoms with E-state index >= 15 is 0 Å². The average Bonchev–Trinajstić information content (AvgIpc) is 2.95. The number of hydrogen-bond donors (Lipinski definition) is 1. The third kappa shape index (κ3) is 7.25. The number of rotatable bonds is 12. The van der Waals surface area contributed by atoms with Crippen molar-refractivity contribution in [2.24, 2.45) is 0 Å². The van der Waals surface area contributed by atoms with E-state index in [2.05, 4.69) is 41.4 Å². The van der Waals surface area contributed by atoms with Gasteiger partial charge in [0.15, 0.2) is 6.79 Å². The normalized spacial score (nSPS) is 11.8. The van der Waals surface area contributed by atoms with Gasteiger partial charge in [-0.3, -0.25) is 4.79 Å². The third-order valence-electron chi connectivity index (χ3n) is 6.40. The third-order valence-corrected chi connectivity index (χ3v) is 6.40. The summed E-state index contributed by atoms with van der Waals surface area (Å²) in [6, 6.07) is 29.5. The number of allylic oxidation sites excluding steroid dienone is 1. The van der Waals surface area contributed by atoms with E-state index in [1.165, 1.54) is 0 Å². The summed E-state index contributed by atoms with van der Waals surface area (Å²) in [5, 5.41) is 5.36. The number of ether oxygens (including phenoxy) is 3. The molecule has 1 N–H and O–H groups in total. The molecule has 6 heteroatoms. The molecular formula is C33H36N2O4. The number of likely N-dealkylation sites (N-methyl/N-ethyl adjacent to an activating group) is 1. The molecule has 0 aromatic heterocycles. The van der Waals surface area contributed by atoms with Crippen molar-refractivity contribution in [1.29, 1.82) is 0 Å². The number of benzene rings is 4. The molecule has 0 aliphatic heterocycles. The molecular weight excluding hydrogens is 488 g/mol. The first-order chi connectivity index (χ1) is 19.0. The van der Waals surface area contributed by atoms with Crippen molar-refractivity contribution in [1.82, 2.24) is 4.90 Å². The number of carbonyl (C=O) groups excluding carboxylic acids is 1. The van der Waals surface area contributed by atoms with Crippen molar-refractivity contribution >= 4 is 33.5 Å². The maximum absolute atomic E-state index is 14.0. The van der Waals surface area contributed by atoms with Gasteiger partial charge in [-0.1, -0.05) is 61.5 Å². The van der Waals surface area contributed by atoms with E-state index in [9.17, 15) is 4.79 Å². The lowest BCUT2D eigenvalue weighted by Gasteiger charge is -2.18. The number of amides is 1. The van der Waals surface area contributed by atoms with Gasteiger partial charge in [-0.05, 0) is 84.4 Å². The number of nitrogens with one attached hydrogen (secondary N) is 1. The molecule has 1 amide bonds. The zero-order chi connectivity index (χ0) is 27.6. The second-order valence-electron chi connectivity index (χ2n) is 9.44. The second kappa shape index (κ2) is 13.6. The summed E-state index contributed by atoms with van der Waals surface area (Å²) in [7, 11) is 5.60. The molecule has 0 spiro atoms. The Hall–Kier alpha value is -4.13. The Morgan fingerprint density at radius 2 is 1.49 bits per heavy atom. The molecule has 0 saturated carbocycles. The van der Waals surface area contributed by atoms with Gasteiger partial charge in [0.1, 0.15) is 18.1 Å². The average molecular weight is 525 g/mol. The van der Waals surface area contributed by atoms with Crippen molar-refractivity contribution in [3.8, 4) is 11.5 Å². The number of carbonyl (C=O) groups is 1. The first-order valence-electron chi connectivity index (χ1n) is 13.1. The van der Waals surface area contributed by atoms with E-state index in [1.807, 2.05) is 80.8 Å². The summed E-state index contributed by atoms with van der Waals surface area (Å²) in [4.78, 5) is 16.0. The topological polar surface area (TPSA) is 60.0 Å². The summed E-state index contributed by atoms with van der Waals surface area (Å²) < 4.78 is 16.4. The largest absolute Gasteiger partial charge is 0.492 e. The minimum atomic E-state index is -0.174. The molecule has 0 heterocycles. The highest BCUT2D eigenvalue weighted by Gasteiger charge is 2.20. The molecule has 0 saturated heterocycles. The Morgan fingerprint density at radius 3 is 2.18 bits per heavy atom. The molecule has 4 rings (SSSR count). The smallest absolute Gasteiger partial charge is 0.256 e.